The lowest BCUT2D eigenvalue weighted by Crippen LogP contribution is -2.34. The van der Waals surface area contributed by atoms with E-state index in [4.69, 9.17) is 9.72 Å². The Morgan fingerprint density at radius 3 is 2.24 bits per heavy atom. The fourth-order valence-corrected chi connectivity index (χ4v) is 3.97. The van der Waals surface area contributed by atoms with Crippen molar-refractivity contribution in [3.8, 4) is 28.1 Å². The van der Waals surface area contributed by atoms with Gasteiger partial charge in [0.1, 0.15) is 5.75 Å². The van der Waals surface area contributed by atoms with Crippen LogP contribution >= 0.6 is 0 Å². The van der Waals surface area contributed by atoms with Gasteiger partial charge in [-0.3, -0.25) is 4.98 Å². The predicted molar refractivity (Wildman–Crippen MR) is 138 cm³/mol. The molecule has 1 unspecified atom stereocenters. The molecule has 0 aliphatic carbocycles. The third-order valence-corrected chi connectivity index (χ3v) is 6.15. The fraction of sp³-hybridized carbons (Fsp3) is 0.400. The van der Waals surface area contributed by atoms with Crippen LogP contribution in [0.3, 0.4) is 0 Å². The molecule has 0 bridgehead atoms. The third-order valence-electron chi connectivity index (χ3n) is 6.15. The number of pyridine rings is 1. The molecular weight excluding hydrogens is 425 g/mol. The van der Waals surface area contributed by atoms with E-state index in [-0.39, 0.29) is 6.42 Å². The first kappa shape index (κ1) is 25.6. The summed E-state index contributed by atoms with van der Waals surface area (Å²) in [5.41, 5.74) is 3.25. The Morgan fingerprint density at radius 1 is 0.882 bits per heavy atom. The van der Waals surface area contributed by atoms with Crippen molar-refractivity contribution in [2.45, 2.75) is 77.8 Å². The highest BCUT2D eigenvalue weighted by atomic mass is 19.1. The van der Waals surface area contributed by atoms with E-state index in [0.29, 0.717) is 12.2 Å². The minimum atomic E-state index is -1.98. The van der Waals surface area contributed by atoms with Crippen LogP contribution < -0.4 is 4.74 Å². The molecule has 0 spiro atoms. The molecule has 34 heavy (non-hydrogen) atoms. The Labute approximate surface area is 203 Å². The molecule has 0 aliphatic rings. The SMILES string of the molecule is CCCCCCC(C)(F)C(=O)Oc1ccc(-c2ccccc2-c2ccc(CCCC)cn2)cc1. The molecule has 2 aromatic carbocycles. The summed E-state index contributed by atoms with van der Waals surface area (Å²) < 4.78 is 20.2. The maximum absolute atomic E-state index is 14.8. The van der Waals surface area contributed by atoms with Crippen LogP contribution in [0.15, 0.2) is 66.9 Å². The van der Waals surface area contributed by atoms with Crippen LogP contribution in [-0.4, -0.2) is 16.6 Å². The normalized spacial score (nSPS) is 12.8. The van der Waals surface area contributed by atoms with Gasteiger partial charge in [0.2, 0.25) is 5.67 Å². The third kappa shape index (κ3) is 6.99. The van der Waals surface area contributed by atoms with Crippen molar-refractivity contribution in [3.63, 3.8) is 0 Å². The van der Waals surface area contributed by atoms with Gasteiger partial charge in [-0.1, -0.05) is 82.0 Å². The number of ether oxygens (including phenoxy) is 1. The lowest BCUT2D eigenvalue weighted by atomic mass is 9.97. The number of rotatable bonds is 12. The molecule has 1 heterocycles. The number of carbonyl (C=O) groups excluding carboxylic acids is 1. The smallest absolute Gasteiger partial charge is 0.348 e. The highest BCUT2D eigenvalue weighted by Gasteiger charge is 2.34. The summed E-state index contributed by atoms with van der Waals surface area (Å²) in [4.78, 5) is 17.1. The lowest BCUT2D eigenvalue weighted by Gasteiger charge is -2.18. The van der Waals surface area contributed by atoms with Crippen LogP contribution in [0.5, 0.6) is 5.75 Å². The van der Waals surface area contributed by atoms with Gasteiger partial charge in [-0.15, -0.1) is 0 Å². The summed E-state index contributed by atoms with van der Waals surface area (Å²) >= 11 is 0. The number of halogens is 1. The Balaban J connectivity index is 1.71. The molecular formula is C30H36FNO2. The Morgan fingerprint density at radius 2 is 1.59 bits per heavy atom. The molecule has 3 aromatic rings. The van der Waals surface area contributed by atoms with Crippen LogP contribution in [0.25, 0.3) is 22.4 Å². The number of alkyl halides is 1. The second-order valence-electron chi connectivity index (χ2n) is 9.12. The van der Waals surface area contributed by atoms with Gasteiger partial charge in [0.05, 0.1) is 5.69 Å². The molecule has 0 fully saturated rings. The van der Waals surface area contributed by atoms with Crippen LogP contribution in [0.4, 0.5) is 4.39 Å². The summed E-state index contributed by atoms with van der Waals surface area (Å²) in [5, 5.41) is 0. The first-order chi connectivity index (χ1) is 16.4. The van der Waals surface area contributed by atoms with E-state index in [1.54, 1.807) is 12.1 Å². The quantitative estimate of drug-likeness (QED) is 0.154. The summed E-state index contributed by atoms with van der Waals surface area (Å²) in [6, 6.07) is 19.6. The molecule has 3 rings (SSSR count). The zero-order chi connectivity index (χ0) is 24.4. The molecule has 180 valence electrons. The Kier molecular flexibility index (Phi) is 9.38. The second-order valence-corrected chi connectivity index (χ2v) is 9.12. The number of carbonyl (C=O) groups is 1. The summed E-state index contributed by atoms with van der Waals surface area (Å²) in [6.07, 6.45) is 9.24. The number of hydrogen-bond donors (Lipinski definition) is 0. The van der Waals surface area contributed by atoms with Crippen molar-refractivity contribution in [2.24, 2.45) is 0 Å². The van der Waals surface area contributed by atoms with E-state index < -0.39 is 11.6 Å². The largest absolute Gasteiger partial charge is 0.424 e. The minimum absolute atomic E-state index is 0.182. The number of benzene rings is 2. The molecule has 0 saturated heterocycles. The number of nitrogens with zero attached hydrogens (tertiary/aromatic N) is 1. The van der Waals surface area contributed by atoms with E-state index in [1.807, 2.05) is 30.5 Å². The van der Waals surface area contributed by atoms with E-state index in [1.165, 1.54) is 18.9 Å². The maximum Gasteiger partial charge on any atom is 0.348 e. The summed E-state index contributed by atoms with van der Waals surface area (Å²) in [6.45, 7) is 5.60. The molecule has 0 radical (unpaired) electrons. The van der Waals surface area contributed by atoms with Gasteiger partial charge in [-0.2, -0.15) is 0 Å². The van der Waals surface area contributed by atoms with E-state index in [2.05, 4.69) is 38.1 Å². The van der Waals surface area contributed by atoms with Gasteiger partial charge >= 0.3 is 5.97 Å². The highest BCUT2D eigenvalue weighted by Crippen LogP contribution is 2.32. The number of hydrogen-bond acceptors (Lipinski definition) is 3. The number of aryl methyl sites for hydroxylation is 1. The van der Waals surface area contributed by atoms with Gasteiger partial charge in [0.15, 0.2) is 0 Å². The van der Waals surface area contributed by atoms with Crippen LogP contribution in [0.2, 0.25) is 0 Å². The minimum Gasteiger partial charge on any atom is -0.424 e. The first-order valence-corrected chi connectivity index (χ1v) is 12.5. The molecule has 1 aromatic heterocycles. The van der Waals surface area contributed by atoms with Gasteiger partial charge in [0, 0.05) is 11.8 Å². The standard InChI is InChI=1S/C30H36FNO2/c1-4-6-8-11-21-30(3,31)29(33)34-25-18-16-24(17-19-25)26-13-9-10-14-27(26)28-20-15-23(22-32-28)12-7-5-2/h9-10,13-20,22H,4-8,11-12,21H2,1-3H3. The van der Waals surface area contributed by atoms with Crippen molar-refractivity contribution in [2.75, 3.05) is 0 Å². The Hall–Kier alpha value is -3.01. The topological polar surface area (TPSA) is 39.2 Å². The average molecular weight is 462 g/mol. The average Bonchev–Trinajstić information content (AvgIpc) is 2.86. The van der Waals surface area contributed by atoms with Crippen molar-refractivity contribution < 1.29 is 13.9 Å². The number of aromatic nitrogens is 1. The molecule has 0 saturated carbocycles. The maximum atomic E-state index is 14.8. The summed E-state index contributed by atoms with van der Waals surface area (Å²) in [5.74, 6) is -0.480. The predicted octanol–water partition coefficient (Wildman–Crippen LogP) is 8.36. The van der Waals surface area contributed by atoms with Crippen LogP contribution in [0.1, 0.15) is 71.3 Å². The fourth-order valence-electron chi connectivity index (χ4n) is 3.97. The van der Waals surface area contributed by atoms with Crippen molar-refractivity contribution >= 4 is 5.97 Å². The van der Waals surface area contributed by atoms with Crippen molar-refractivity contribution in [3.05, 3.63) is 72.4 Å². The van der Waals surface area contributed by atoms with Gasteiger partial charge in [0.25, 0.3) is 0 Å². The van der Waals surface area contributed by atoms with Crippen molar-refractivity contribution in [1.82, 2.24) is 4.98 Å². The molecule has 0 amide bonds. The van der Waals surface area contributed by atoms with E-state index in [0.717, 1.165) is 54.5 Å². The van der Waals surface area contributed by atoms with E-state index >= 15 is 0 Å². The molecule has 0 aliphatic heterocycles. The van der Waals surface area contributed by atoms with Gasteiger partial charge < -0.3 is 4.74 Å². The molecule has 3 nitrogen and oxygen atoms in total. The first-order valence-electron chi connectivity index (χ1n) is 12.5. The number of esters is 1. The summed E-state index contributed by atoms with van der Waals surface area (Å²) in [7, 11) is 0. The Bertz CT molecular complexity index is 1040. The van der Waals surface area contributed by atoms with Crippen LogP contribution in [0, 0.1) is 0 Å². The van der Waals surface area contributed by atoms with Crippen LogP contribution in [-0.2, 0) is 11.2 Å². The second kappa shape index (κ2) is 12.5. The number of unbranched alkanes of at least 4 members (excludes halogenated alkanes) is 4. The zero-order valence-electron chi connectivity index (χ0n) is 20.6. The molecule has 4 heteroatoms. The molecule has 0 N–H and O–H groups in total. The van der Waals surface area contributed by atoms with Crippen molar-refractivity contribution in [1.29, 1.82) is 0 Å². The highest BCUT2D eigenvalue weighted by molar-refractivity contribution is 5.83. The van der Waals surface area contributed by atoms with Gasteiger partial charge in [-0.25, -0.2) is 9.18 Å². The monoisotopic (exact) mass is 461 g/mol. The zero-order valence-corrected chi connectivity index (χ0v) is 20.6. The van der Waals surface area contributed by atoms with Gasteiger partial charge in [-0.05, 0) is 67.5 Å². The lowest BCUT2D eigenvalue weighted by molar-refractivity contribution is -0.147. The van der Waals surface area contributed by atoms with E-state index in [9.17, 15) is 9.18 Å². The molecule has 1 atom stereocenters.